The number of ether oxygens (including phenoxy) is 2. The number of hydrogen-bond donors (Lipinski definition) is 1. The third-order valence-electron chi connectivity index (χ3n) is 2.55. The van der Waals surface area contributed by atoms with Gasteiger partial charge < -0.3 is 14.8 Å². The predicted octanol–water partition coefficient (Wildman–Crippen LogP) is 1.85. The van der Waals surface area contributed by atoms with Crippen molar-refractivity contribution in [2.24, 2.45) is 0 Å². The Hall–Kier alpha value is -1.55. The lowest BCUT2D eigenvalue weighted by Gasteiger charge is -2.16. The highest BCUT2D eigenvalue weighted by Crippen LogP contribution is 2.17. The molecule has 0 saturated heterocycles. The number of carbonyl (C=O) groups excluding carboxylic acids is 1. The Morgan fingerprint density at radius 3 is 2.65 bits per heavy atom. The average molecular weight is 237 g/mol. The molecule has 0 radical (unpaired) electrons. The highest BCUT2D eigenvalue weighted by atomic mass is 16.5. The highest BCUT2D eigenvalue weighted by Gasteiger charge is 2.15. The topological polar surface area (TPSA) is 47.6 Å². The lowest BCUT2D eigenvalue weighted by atomic mass is 10.1. The largest absolute Gasteiger partial charge is 0.496 e. The maximum atomic E-state index is 12.0. The summed E-state index contributed by atoms with van der Waals surface area (Å²) in [6.45, 7) is 2.52. The summed E-state index contributed by atoms with van der Waals surface area (Å²) in [6, 6.07) is 7.19. The molecule has 0 unspecified atom stereocenters. The molecule has 0 saturated carbocycles. The number of carbonyl (C=O) groups is 1. The Morgan fingerprint density at radius 1 is 1.35 bits per heavy atom. The van der Waals surface area contributed by atoms with Crippen LogP contribution in [0.5, 0.6) is 5.75 Å². The van der Waals surface area contributed by atoms with Crippen LogP contribution in [0.15, 0.2) is 24.3 Å². The number of benzene rings is 1. The van der Waals surface area contributed by atoms with Crippen molar-refractivity contribution < 1.29 is 14.3 Å². The molecule has 4 nitrogen and oxygen atoms in total. The minimum absolute atomic E-state index is 0.0254. The second kappa shape index (κ2) is 6.91. The van der Waals surface area contributed by atoms with E-state index in [4.69, 9.17) is 9.47 Å². The van der Waals surface area contributed by atoms with Crippen LogP contribution in [0.3, 0.4) is 0 Å². The van der Waals surface area contributed by atoms with Crippen molar-refractivity contribution in [2.45, 2.75) is 19.4 Å². The van der Waals surface area contributed by atoms with Crippen molar-refractivity contribution in [1.29, 1.82) is 0 Å². The van der Waals surface area contributed by atoms with Crippen LogP contribution in [0.1, 0.15) is 23.7 Å². The van der Waals surface area contributed by atoms with Crippen molar-refractivity contribution in [3.8, 4) is 5.75 Å². The molecule has 17 heavy (non-hydrogen) atoms. The van der Waals surface area contributed by atoms with Crippen LogP contribution in [-0.2, 0) is 4.74 Å². The van der Waals surface area contributed by atoms with Gasteiger partial charge in [-0.3, -0.25) is 4.79 Å². The minimum Gasteiger partial charge on any atom is -0.496 e. The van der Waals surface area contributed by atoms with Crippen molar-refractivity contribution in [2.75, 3.05) is 20.8 Å². The minimum atomic E-state index is -0.133. The van der Waals surface area contributed by atoms with Crippen LogP contribution >= 0.6 is 0 Å². The van der Waals surface area contributed by atoms with Crippen LogP contribution in [-0.4, -0.2) is 32.8 Å². The molecular formula is C13H19NO3. The molecule has 1 N–H and O–H groups in total. The first-order valence-corrected chi connectivity index (χ1v) is 5.65. The van der Waals surface area contributed by atoms with Gasteiger partial charge in [0.05, 0.1) is 25.3 Å². The van der Waals surface area contributed by atoms with Gasteiger partial charge in [-0.05, 0) is 18.6 Å². The fraction of sp³-hybridized carbons (Fsp3) is 0.462. The molecule has 0 fully saturated rings. The molecule has 0 aliphatic heterocycles. The molecule has 94 valence electrons. The number of nitrogens with one attached hydrogen (secondary N) is 1. The van der Waals surface area contributed by atoms with E-state index in [2.05, 4.69) is 5.32 Å². The van der Waals surface area contributed by atoms with Crippen molar-refractivity contribution in [3.63, 3.8) is 0 Å². The molecule has 0 aromatic heterocycles. The second-order valence-corrected chi connectivity index (χ2v) is 3.73. The van der Waals surface area contributed by atoms with Gasteiger partial charge in [-0.2, -0.15) is 0 Å². The number of hydrogen-bond acceptors (Lipinski definition) is 3. The predicted molar refractivity (Wildman–Crippen MR) is 66.4 cm³/mol. The Morgan fingerprint density at radius 2 is 2.06 bits per heavy atom. The zero-order valence-corrected chi connectivity index (χ0v) is 10.5. The van der Waals surface area contributed by atoms with Gasteiger partial charge in [0.25, 0.3) is 5.91 Å². The summed E-state index contributed by atoms with van der Waals surface area (Å²) in [5.74, 6) is 0.448. The van der Waals surface area contributed by atoms with E-state index in [9.17, 15) is 4.79 Å². The van der Waals surface area contributed by atoms with Crippen LogP contribution in [0.2, 0.25) is 0 Å². The van der Waals surface area contributed by atoms with E-state index in [-0.39, 0.29) is 11.9 Å². The first kappa shape index (κ1) is 13.5. The van der Waals surface area contributed by atoms with Gasteiger partial charge in [-0.25, -0.2) is 0 Å². The van der Waals surface area contributed by atoms with E-state index in [1.54, 1.807) is 26.4 Å². The van der Waals surface area contributed by atoms with Gasteiger partial charge in [0.2, 0.25) is 0 Å². The van der Waals surface area contributed by atoms with E-state index in [1.165, 1.54) is 0 Å². The van der Waals surface area contributed by atoms with E-state index >= 15 is 0 Å². The summed E-state index contributed by atoms with van der Waals surface area (Å²) in [7, 11) is 3.18. The molecule has 1 atom stereocenters. The fourth-order valence-electron chi connectivity index (χ4n) is 1.56. The molecule has 0 bridgehead atoms. The SMILES string of the molecule is CC[C@H](COC)NC(=O)c1ccccc1OC. The quantitative estimate of drug-likeness (QED) is 0.821. The van der Waals surface area contributed by atoms with Crippen molar-refractivity contribution in [1.82, 2.24) is 5.32 Å². The smallest absolute Gasteiger partial charge is 0.255 e. The monoisotopic (exact) mass is 237 g/mol. The normalized spacial score (nSPS) is 11.9. The van der Waals surface area contributed by atoms with E-state index < -0.39 is 0 Å². The Balaban J connectivity index is 2.75. The third-order valence-corrected chi connectivity index (χ3v) is 2.55. The van der Waals surface area contributed by atoms with Crippen molar-refractivity contribution >= 4 is 5.91 Å². The lowest BCUT2D eigenvalue weighted by Crippen LogP contribution is -2.37. The van der Waals surface area contributed by atoms with Crippen LogP contribution in [0.4, 0.5) is 0 Å². The van der Waals surface area contributed by atoms with Crippen molar-refractivity contribution in [3.05, 3.63) is 29.8 Å². The Kier molecular flexibility index (Phi) is 5.49. The summed E-state index contributed by atoms with van der Waals surface area (Å²) in [4.78, 5) is 12.0. The van der Waals surface area contributed by atoms with Gasteiger partial charge in [0.15, 0.2) is 0 Å². The maximum absolute atomic E-state index is 12.0. The molecule has 4 heteroatoms. The first-order chi connectivity index (χ1) is 8.22. The molecule has 1 amide bonds. The average Bonchev–Trinajstić information content (AvgIpc) is 2.38. The number of amides is 1. The molecule has 0 spiro atoms. The lowest BCUT2D eigenvalue weighted by molar-refractivity contribution is 0.0891. The molecule has 1 rings (SSSR count). The summed E-state index contributed by atoms with van der Waals surface area (Å²) in [5.41, 5.74) is 0.546. The molecule has 1 aromatic carbocycles. The fourth-order valence-corrected chi connectivity index (χ4v) is 1.56. The highest BCUT2D eigenvalue weighted by molar-refractivity contribution is 5.97. The van der Waals surface area contributed by atoms with Gasteiger partial charge in [-0.15, -0.1) is 0 Å². The molecule has 0 aliphatic carbocycles. The van der Waals surface area contributed by atoms with E-state index in [0.29, 0.717) is 17.9 Å². The molecule has 0 heterocycles. The van der Waals surface area contributed by atoms with E-state index in [0.717, 1.165) is 6.42 Å². The maximum Gasteiger partial charge on any atom is 0.255 e. The van der Waals surface area contributed by atoms with Gasteiger partial charge in [0.1, 0.15) is 5.75 Å². The Labute approximate surface area is 102 Å². The summed E-state index contributed by atoms with van der Waals surface area (Å²) < 4.78 is 10.2. The van der Waals surface area contributed by atoms with Gasteiger partial charge >= 0.3 is 0 Å². The standard InChI is InChI=1S/C13H19NO3/c1-4-10(9-16-2)14-13(15)11-7-5-6-8-12(11)17-3/h5-8,10H,4,9H2,1-3H3,(H,14,15)/t10-/m1/s1. The second-order valence-electron chi connectivity index (χ2n) is 3.73. The first-order valence-electron chi connectivity index (χ1n) is 5.65. The number of methoxy groups -OCH3 is 2. The number of rotatable bonds is 6. The zero-order chi connectivity index (χ0) is 12.7. The molecular weight excluding hydrogens is 218 g/mol. The van der Waals surface area contributed by atoms with Crippen LogP contribution < -0.4 is 10.1 Å². The van der Waals surface area contributed by atoms with Crippen LogP contribution in [0, 0.1) is 0 Å². The molecule has 0 aliphatic rings. The van der Waals surface area contributed by atoms with Gasteiger partial charge in [0, 0.05) is 7.11 Å². The third kappa shape index (κ3) is 3.75. The summed E-state index contributed by atoms with van der Waals surface area (Å²) >= 11 is 0. The summed E-state index contributed by atoms with van der Waals surface area (Å²) in [6.07, 6.45) is 0.828. The zero-order valence-electron chi connectivity index (χ0n) is 10.5. The van der Waals surface area contributed by atoms with E-state index in [1.807, 2.05) is 19.1 Å². The number of para-hydroxylation sites is 1. The van der Waals surface area contributed by atoms with Gasteiger partial charge in [-0.1, -0.05) is 19.1 Å². The van der Waals surface area contributed by atoms with Crippen LogP contribution in [0.25, 0.3) is 0 Å². The summed E-state index contributed by atoms with van der Waals surface area (Å²) in [5, 5.41) is 2.91. The molecule has 1 aromatic rings. The Bertz CT molecular complexity index is 365.